The molecule has 610 valence electrons. The number of rotatable bonds is 11. The SMILES string of the molecule is COC(=O)c1ccccc1S(C)(=O)=O.COC(=O)c1ccccc1SC.CSc1ccccc1C(=O)O.Cc1[nH]c2ccc(F)cc2c1C1=CS(=O)(=O)c2ccccc21.Cc1c(C2=CS(=O)(=O)c3ccccc32)c2cc(F)ccc2n1CC(=O)O.Cc1cc2cc(F)ccc2[nH]1.O=C(O)c1ccccc1S.O=C1CS(=O)(=O)c2ccccc21. The molecule has 0 unspecified atom stereocenters. The number of carbonyl (C=O) groups excluding carboxylic acids is 3. The highest BCUT2D eigenvalue weighted by Crippen LogP contribution is 2.44. The summed E-state index contributed by atoms with van der Waals surface area (Å²) in [6, 6.07) is 61.9. The Morgan fingerprint density at radius 1 is 0.508 bits per heavy atom. The van der Waals surface area contributed by atoms with Crippen molar-refractivity contribution in [3.63, 3.8) is 0 Å². The van der Waals surface area contributed by atoms with Gasteiger partial charge in [0.15, 0.2) is 25.5 Å². The molecule has 0 amide bonds. The lowest BCUT2D eigenvalue weighted by molar-refractivity contribution is -0.137. The minimum Gasteiger partial charge on any atom is -0.480 e. The van der Waals surface area contributed by atoms with E-state index in [1.54, 1.807) is 139 Å². The van der Waals surface area contributed by atoms with Crippen molar-refractivity contribution in [1.29, 1.82) is 0 Å². The highest BCUT2D eigenvalue weighted by atomic mass is 32.2. The standard InChI is InChI=1S/C19H14FNO4S.C17H12FNO2S.C9H8FN.C9H10O4S.C9H10O2S.C8H6O3S.C8H8O2S.C7H6O2S/c1-11-19(15-10-26(24,25)17-5-3-2-4-13(15)17)14-8-12(20)6-7-16(14)21(11)9-18(22)23;1-10-17(13-8-11(18)6-7-15(13)19-10)14-9-22(20,21)16-5-3-2-4-12(14)16;1-6-4-7-5-8(10)2-3-9(7)11-6;1-13-9(10)7-5-3-4-6-8(7)14(2,11)12;1-11-9(10)7-5-3-4-6-8(7)12-2;9-7-5-12(10,11)8-4-2-1-3-6(7)8;1-11-7-5-3-2-4-6(7)8(9)10;8-7(9)5-3-1-2-4-6(5)10/h2-8,10H,9H2,1H3,(H,22,23);2-9,19H,1H3;2-5,11H,1H3;3-6H,1-2H3;3-6H,1-2H3;1-4H,5H2;2-5H,1H3,(H,9,10);1-4,10H,(H,8,9). The van der Waals surface area contributed by atoms with Gasteiger partial charge >= 0.3 is 29.8 Å². The van der Waals surface area contributed by atoms with Gasteiger partial charge in [-0.25, -0.2) is 66.0 Å². The minimum atomic E-state index is -3.59. The van der Waals surface area contributed by atoms with Crippen LogP contribution in [0.3, 0.4) is 0 Å². The van der Waals surface area contributed by atoms with Gasteiger partial charge in [0, 0.05) is 121 Å². The number of nitrogens with zero attached hydrogens (tertiary/aromatic N) is 1. The van der Waals surface area contributed by atoms with Crippen LogP contribution < -0.4 is 0 Å². The lowest BCUT2D eigenvalue weighted by atomic mass is 9.97. The molecule has 0 aliphatic carbocycles. The fourth-order valence-electron chi connectivity index (χ4n) is 12.6. The van der Waals surface area contributed by atoms with E-state index >= 15 is 0 Å². The summed E-state index contributed by atoms with van der Waals surface area (Å²) in [7, 11) is -11.1. The van der Waals surface area contributed by atoms with Gasteiger partial charge in [-0.2, -0.15) is 0 Å². The molecule has 0 saturated carbocycles. The number of aromatic carboxylic acids is 2. The van der Waals surface area contributed by atoms with Crippen LogP contribution in [0.25, 0.3) is 43.9 Å². The number of benzene rings is 10. The summed E-state index contributed by atoms with van der Waals surface area (Å²) in [5.74, 6) is -5.43. The summed E-state index contributed by atoms with van der Waals surface area (Å²) >= 11 is 6.94. The zero-order valence-electron chi connectivity index (χ0n) is 63.9. The molecule has 6 heterocycles. The van der Waals surface area contributed by atoms with Crippen molar-refractivity contribution >= 4 is 155 Å². The molecule has 32 heteroatoms. The molecule has 0 spiro atoms. The third kappa shape index (κ3) is 21.4. The second kappa shape index (κ2) is 38.8. The number of methoxy groups -OCH3 is 2. The van der Waals surface area contributed by atoms with Crippen molar-refractivity contribution < 1.29 is 100 Å². The van der Waals surface area contributed by atoms with Crippen LogP contribution in [-0.4, -0.2) is 138 Å². The number of thioether (sulfide) groups is 2. The monoisotopic (exact) mass is 1730 g/mol. The van der Waals surface area contributed by atoms with E-state index in [-0.39, 0.29) is 61.5 Å². The Bertz CT molecular complexity index is 6630. The molecule has 22 nitrogen and oxygen atoms in total. The first-order chi connectivity index (χ1) is 55.9. The summed E-state index contributed by atoms with van der Waals surface area (Å²) in [5.41, 5.74) is 9.97. The summed E-state index contributed by atoms with van der Waals surface area (Å²) in [5, 5.41) is 31.0. The first-order valence-electron chi connectivity index (χ1n) is 34.8. The Labute approximate surface area is 691 Å². The van der Waals surface area contributed by atoms with Crippen molar-refractivity contribution in [3.05, 3.63) is 326 Å². The molecule has 0 bridgehead atoms. The zero-order chi connectivity index (χ0) is 86.3. The number of carbonyl (C=O) groups is 6. The van der Waals surface area contributed by atoms with E-state index in [2.05, 4.69) is 32.1 Å². The number of aliphatic carboxylic acids is 1. The van der Waals surface area contributed by atoms with Crippen LogP contribution in [-0.2, 0) is 60.2 Å². The molecule has 3 aliphatic heterocycles. The van der Waals surface area contributed by atoms with E-state index in [1.165, 1.54) is 121 Å². The van der Waals surface area contributed by atoms with Crippen LogP contribution in [0.4, 0.5) is 13.2 Å². The highest BCUT2D eigenvalue weighted by Gasteiger charge is 2.34. The average molecular weight is 1740 g/mol. The smallest absolute Gasteiger partial charge is 0.339 e. The Morgan fingerprint density at radius 3 is 1.46 bits per heavy atom. The molecular weight excluding hydrogens is 1660 g/mol. The molecule has 0 radical (unpaired) electrons. The Kier molecular flexibility index (Phi) is 29.6. The van der Waals surface area contributed by atoms with Crippen molar-refractivity contribution in [2.24, 2.45) is 0 Å². The lowest BCUT2D eigenvalue weighted by Crippen LogP contribution is -2.10. The number of aromatic amines is 2. The lowest BCUT2D eigenvalue weighted by Gasteiger charge is -2.07. The number of hydrogen-bond donors (Lipinski definition) is 6. The number of halogens is 3. The van der Waals surface area contributed by atoms with E-state index in [0.717, 1.165) is 49.4 Å². The maximum atomic E-state index is 13.9. The second-order valence-electron chi connectivity index (χ2n) is 25.7. The summed E-state index contributed by atoms with van der Waals surface area (Å²) in [6.45, 7) is 5.24. The number of aromatic nitrogens is 3. The van der Waals surface area contributed by atoms with Crippen molar-refractivity contribution in [1.82, 2.24) is 14.5 Å². The molecule has 0 fully saturated rings. The van der Waals surface area contributed by atoms with Gasteiger partial charge in [0.05, 0.1) is 56.1 Å². The topological polar surface area (TPSA) is 355 Å². The number of sulfone groups is 4. The minimum absolute atomic E-state index is 0.00755. The normalized spacial score (nSPS) is 13.2. The van der Waals surface area contributed by atoms with Gasteiger partial charge in [0.2, 0.25) is 19.7 Å². The second-order valence-corrected chi connectivity index (χ2v) is 35.4. The summed E-state index contributed by atoms with van der Waals surface area (Å²) in [6.07, 6.45) is 4.85. The number of thiol groups is 1. The average Bonchev–Trinajstić information content (AvgIpc) is 1.54. The number of ether oxygens (including phenoxy) is 2. The van der Waals surface area contributed by atoms with Crippen LogP contribution in [0.15, 0.2) is 276 Å². The first kappa shape index (κ1) is 89.9. The number of esters is 2. The van der Waals surface area contributed by atoms with Gasteiger partial charge in [-0.3, -0.25) is 9.59 Å². The maximum absolute atomic E-state index is 13.9. The Morgan fingerprint density at radius 2 is 0.949 bits per heavy atom. The number of hydrogen-bond acceptors (Lipinski definition) is 19. The van der Waals surface area contributed by atoms with Crippen LogP contribution in [0.5, 0.6) is 0 Å². The first-order valence-corrected chi connectivity index (χ1v) is 44.4. The number of Topliss-reactive ketones (excluding diaryl/α,β-unsaturated/α-hetero) is 1. The van der Waals surface area contributed by atoms with Crippen LogP contribution in [0.2, 0.25) is 0 Å². The number of carboxylic acid groups (broad SMARTS) is 3. The van der Waals surface area contributed by atoms with Gasteiger partial charge in [0.1, 0.15) is 29.7 Å². The quantitative estimate of drug-likeness (QED) is 0.0398. The number of ketones is 1. The maximum Gasteiger partial charge on any atom is 0.339 e. The molecule has 13 aromatic rings. The number of aryl methyl sites for hydroxylation is 2. The molecule has 3 aromatic heterocycles. The van der Waals surface area contributed by atoms with Gasteiger partial charge in [-0.1, -0.05) is 103 Å². The van der Waals surface area contributed by atoms with Gasteiger partial charge in [0.25, 0.3) is 0 Å². The molecule has 0 atom stereocenters. The molecule has 3 aliphatic rings. The molecule has 5 N–H and O–H groups in total. The predicted molar refractivity (Wildman–Crippen MR) is 451 cm³/mol. The number of nitrogens with one attached hydrogen (secondary N) is 2. The van der Waals surface area contributed by atoms with Gasteiger partial charge in [-0.05, 0) is 161 Å². The zero-order valence-corrected chi connectivity index (χ0v) is 69.7. The van der Waals surface area contributed by atoms with E-state index in [0.29, 0.717) is 76.3 Å². The highest BCUT2D eigenvalue weighted by molar-refractivity contribution is 7.99. The fraction of sp³-hybridized carbons (Fsp3) is 0.116. The third-order valence-corrected chi connectivity index (χ3v) is 25.7. The van der Waals surface area contributed by atoms with Crippen LogP contribution >= 0.6 is 36.2 Å². The number of carboxylic acids is 3. The molecule has 10 aromatic carbocycles. The summed E-state index contributed by atoms with van der Waals surface area (Å²) in [4.78, 5) is 74.9. The molecule has 0 saturated heterocycles. The molecule has 118 heavy (non-hydrogen) atoms. The third-order valence-electron chi connectivity index (χ3n) is 17.8. The summed E-state index contributed by atoms with van der Waals surface area (Å²) < 4.78 is 145. The van der Waals surface area contributed by atoms with E-state index in [4.69, 9.17) is 10.2 Å². The van der Waals surface area contributed by atoms with Gasteiger partial charge in [-0.15, -0.1) is 36.2 Å². The van der Waals surface area contributed by atoms with E-state index < -0.39 is 69.0 Å². The number of fused-ring (bicyclic) bond motifs is 6. The van der Waals surface area contributed by atoms with Crippen LogP contribution in [0, 0.1) is 38.2 Å². The van der Waals surface area contributed by atoms with Crippen molar-refractivity contribution in [2.75, 3.05) is 38.7 Å². The van der Waals surface area contributed by atoms with Crippen LogP contribution in [0.1, 0.15) is 91.1 Å². The van der Waals surface area contributed by atoms with Crippen molar-refractivity contribution in [3.8, 4) is 0 Å². The number of H-pyrrole nitrogens is 2. The Hall–Kier alpha value is -12.0. The molecular formula is C86H74F3N3O19S7. The van der Waals surface area contributed by atoms with Gasteiger partial charge < -0.3 is 39.3 Å². The van der Waals surface area contributed by atoms with E-state index in [1.807, 2.05) is 56.7 Å². The largest absolute Gasteiger partial charge is 0.480 e. The predicted octanol–water partition coefficient (Wildman–Crippen LogP) is 17.3. The molecule has 16 rings (SSSR count). The van der Waals surface area contributed by atoms with Crippen molar-refractivity contribution in [2.45, 2.75) is 61.6 Å². The Balaban J connectivity index is 0.000000158. The fourth-order valence-corrected chi connectivity index (χ4v) is 19.3. The van der Waals surface area contributed by atoms with E-state index in [9.17, 15) is 80.7 Å².